The smallest absolute Gasteiger partial charge is 0.424 e. The van der Waals surface area contributed by atoms with Gasteiger partial charge in [0.15, 0.2) is 0 Å². The summed E-state index contributed by atoms with van der Waals surface area (Å²) < 4.78 is 44.3. The zero-order chi connectivity index (χ0) is 23.6. The number of benzene rings is 3. The van der Waals surface area contributed by atoms with Gasteiger partial charge in [-0.05, 0) is 66.2 Å². The van der Waals surface area contributed by atoms with E-state index in [1.807, 2.05) is 0 Å². The summed E-state index contributed by atoms with van der Waals surface area (Å²) in [5, 5.41) is 0.593. The van der Waals surface area contributed by atoms with Gasteiger partial charge in [-0.25, -0.2) is 9.10 Å². The number of hydrogen-bond acceptors (Lipinski definition) is 6. The van der Waals surface area contributed by atoms with E-state index >= 15 is 0 Å². The molecule has 1 fully saturated rings. The Balaban J connectivity index is 1.69. The van der Waals surface area contributed by atoms with Gasteiger partial charge in [0.2, 0.25) is 0 Å². The van der Waals surface area contributed by atoms with Gasteiger partial charge in [0.05, 0.1) is 32.5 Å². The molecule has 10 heteroatoms. The lowest BCUT2D eigenvalue weighted by molar-refractivity contribution is 0.150. The van der Waals surface area contributed by atoms with Crippen molar-refractivity contribution < 1.29 is 27.4 Å². The molecule has 0 bridgehead atoms. The molecule has 0 aliphatic carbocycles. The zero-order valence-electron chi connectivity index (χ0n) is 17.8. The summed E-state index contributed by atoms with van der Waals surface area (Å²) >= 11 is 5.90. The zero-order valence-corrected chi connectivity index (χ0v) is 19.4. The van der Waals surface area contributed by atoms with E-state index in [1.54, 1.807) is 72.8 Å². The second-order valence-corrected chi connectivity index (χ2v) is 9.31. The van der Waals surface area contributed by atoms with Crippen molar-refractivity contribution in [2.75, 3.05) is 25.1 Å². The van der Waals surface area contributed by atoms with Crippen LogP contribution in [-0.2, 0) is 14.9 Å². The quantitative estimate of drug-likeness (QED) is 0.501. The molecule has 8 nitrogen and oxygen atoms in total. The number of amides is 1. The van der Waals surface area contributed by atoms with Crippen LogP contribution in [0.1, 0.15) is 11.6 Å². The molecule has 1 saturated heterocycles. The minimum atomic E-state index is -4.19. The molecule has 3 aromatic rings. The predicted octanol–water partition coefficient (Wildman–Crippen LogP) is 5.02. The van der Waals surface area contributed by atoms with Crippen LogP contribution in [0, 0.1) is 0 Å². The summed E-state index contributed by atoms with van der Waals surface area (Å²) in [6, 6.07) is 19.8. The van der Waals surface area contributed by atoms with E-state index in [-0.39, 0.29) is 6.54 Å². The number of methoxy groups -OCH3 is 2. The van der Waals surface area contributed by atoms with Crippen molar-refractivity contribution in [3.05, 3.63) is 83.4 Å². The molecule has 1 aliphatic rings. The maximum atomic E-state index is 13.3. The van der Waals surface area contributed by atoms with Crippen LogP contribution in [-0.4, -0.2) is 39.6 Å². The average Bonchev–Trinajstić information content (AvgIpc) is 3.11. The first-order valence-corrected chi connectivity index (χ1v) is 11.7. The Morgan fingerprint density at radius 1 is 0.939 bits per heavy atom. The van der Waals surface area contributed by atoms with Crippen LogP contribution >= 0.6 is 11.6 Å². The van der Waals surface area contributed by atoms with Crippen molar-refractivity contribution in [3.8, 4) is 17.2 Å². The van der Waals surface area contributed by atoms with E-state index in [0.29, 0.717) is 33.5 Å². The van der Waals surface area contributed by atoms with Gasteiger partial charge < -0.3 is 14.2 Å². The molecule has 172 valence electrons. The highest BCUT2D eigenvalue weighted by Crippen LogP contribution is 2.40. The van der Waals surface area contributed by atoms with E-state index in [1.165, 1.54) is 11.4 Å². The number of hydrogen-bond donors (Lipinski definition) is 0. The minimum Gasteiger partial charge on any atom is -0.497 e. The average molecular weight is 489 g/mol. The SMILES string of the molecule is COC(=O)N1CC(c2cccc(OC)c2)N(c2ccc(Oc3ccc(Cl)cc3)cc2)S1(=O)=O. The molecule has 1 atom stereocenters. The second-order valence-electron chi connectivity index (χ2n) is 7.15. The van der Waals surface area contributed by atoms with Crippen molar-refractivity contribution in [1.29, 1.82) is 0 Å². The number of carbonyl (C=O) groups excluding carboxylic acids is 1. The predicted molar refractivity (Wildman–Crippen MR) is 124 cm³/mol. The Morgan fingerprint density at radius 2 is 1.58 bits per heavy atom. The van der Waals surface area contributed by atoms with Crippen LogP contribution in [0.2, 0.25) is 5.02 Å². The lowest BCUT2D eigenvalue weighted by Gasteiger charge is -2.24. The summed E-state index contributed by atoms with van der Waals surface area (Å²) in [7, 11) is -1.52. The van der Waals surface area contributed by atoms with Crippen molar-refractivity contribution in [2.24, 2.45) is 0 Å². The van der Waals surface area contributed by atoms with E-state index in [9.17, 15) is 13.2 Å². The third kappa shape index (κ3) is 4.55. The van der Waals surface area contributed by atoms with Crippen LogP contribution in [0.15, 0.2) is 72.8 Å². The molecular formula is C23H21ClN2O6S. The van der Waals surface area contributed by atoms with Gasteiger partial charge in [0, 0.05) is 5.02 Å². The van der Waals surface area contributed by atoms with Crippen molar-refractivity contribution in [3.63, 3.8) is 0 Å². The Morgan fingerprint density at radius 3 is 2.18 bits per heavy atom. The third-order valence-corrected chi connectivity index (χ3v) is 7.22. The maximum Gasteiger partial charge on any atom is 0.424 e. The Kier molecular flexibility index (Phi) is 6.35. The number of rotatable bonds is 5. The molecule has 0 radical (unpaired) electrons. The number of ether oxygens (including phenoxy) is 3. The van der Waals surface area contributed by atoms with Gasteiger partial charge in [0.1, 0.15) is 17.2 Å². The first kappa shape index (κ1) is 22.8. The van der Waals surface area contributed by atoms with Crippen molar-refractivity contribution >= 4 is 33.6 Å². The maximum absolute atomic E-state index is 13.3. The van der Waals surface area contributed by atoms with E-state index < -0.39 is 22.3 Å². The Hall–Kier alpha value is -3.43. The molecule has 0 aromatic heterocycles. The van der Waals surface area contributed by atoms with E-state index in [2.05, 4.69) is 0 Å². The molecule has 33 heavy (non-hydrogen) atoms. The summed E-state index contributed by atoms with van der Waals surface area (Å²) in [5.41, 5.74) is 1.04. The van der Waals surface area contributed by atoms with Gasteiger partial charge >= 0.3 is 16.3 Å². The monoisotopic (exact) mass is 488 g/mol. The minimum absolute atomic E-state index is 0.106. The molecule has 0 spiro atoms. The number of carbonyl (C=O) groups is 1. The molecular weight excluding hydrogens is 468 g/mol. The van der Waals surface area contributed by atoms with Crippen LogP contribution in [0.3, 0.4) is 0 Å². The third-order valence-electron chi connectivity index (χ3n) is 5.15. The standard InChI is InChI=1S/C23H21ClN2O6S/c1-30-21-5-3-4-16(14-21)22-15-25(23(27)31-2)33(28,29)26(22)18-8-12-20(13-9-18)32-19-10-6-17(24)7-11-19/h3-14,22H,15H2,1-2H3. The van der Waals surface area contributed by atoms with E-state index in [0.717, 1.165) is 11.4 Å². The summed E-state index contributed by atoms with van der Waals surface area (Å²) in [4.78, 5) is 12.2. The number of halogens is 1. The summed E-state index contributed by atoms with van der Waals surface area (Å²) in [6.45, 7) is -0.106. The highest BCUT2D eigenvalue weighted by Gasteiger charge is 2.48. The topological polar surface area (TPSA) is 85.4 Å². The van der Waals surface area contributed by atoms with Gasteiger partial charge in [-0.3, -0.25) is 0 Å². The molecule has 1 aliphatic heterocycles. The number of anilines is 1. The van der Waals surface area contributed by atoms with Crippen molar-refractivity contribution in [2.45, 2.75) is 6.04 Å². The summed E-state index contributed by atoms with van der Waals surface area (Å²) in [5.74, 6) is 1.68. The lowest BCUT2D eigenvalue weighted by Crippen LogP contribution is -2.37. The molecule has 0 saturated carbocycles. The Bertz CT molecular complexity index is 1250. The molecule has 1 unspecified atom stereocenters. The van der Waals surface area contributed by atoms with Crippen LogP contribution in [0.5, 0.6) is 17.2 Å². The van der Waals surface area contributed by atoms with Crippen LogP contribution < -0.4 is 13.8 Å². The molecule has 1 heterocycles. The molecule has 3 aromatic carbocycles. The van der Waals surface area contributed by atoms with Gasteiger partial charge in [-0.2, -0.15) is 12.7 Å². The van der Waals surface area contributed by atoms with Crippen LogP contribution in [0.25, 0.3) is 0 Å². The lowest BCUT2D eigenvalue weighted by atomic mass is 10.1. The van der Waals surface area contributed by atoms with Gasteiger partial charge in [-0.15, -0.1) is 0 Å². The van der Waals surface area contributed by atoms with Gasteiger partial charge in [0.25, 0.3) is 0 Å². The normalized spacial score (nSPS) is 17.0. The highest BCUT2D eigenvalue weighted by molar-refractivity contribution is 7.91. The fourth-order valence-corrected chi connectivity index (χ4v) is 5.39. The Labute approximate surface area is 197 Å². The van der Waals surface area contributed by atoms with Crippen molar-refractivity contribution in [1.82, 2.24) is 4.31 Å². The largest absolute Gasteiger partial charge is 0.497 e. The highest BCUT2D eigenvalue weighted by atomic mass is 35.5. The fraction of sp³-hybridized carbons (Fsp3) is 0.174. The molecule has 1 amide bonds. The number of nitrogens with zero attached hydrogens (tertiary/aromatic N) is 2. The van der Waals surface area contributed by atoms with E-state index in [4.69, 9.17) is 25.8 Å². The molecule has 0 N–H and O–H groups in total. The summed E-state index contributed by atoms with van der Waals surface area (Å²) in [6.07, 6.45) is -0.951. The first-order valence-electron chi connectivity index (χ1n) is 9.91. The second kappa shape index (κ2) is 9.21. The van der Waals surface area contributed by atoms with Crippen LogP contribution in [0.4, 0.5) is 10.5 Å². The first-order chi connectivity index (χ1) is 15.8. The van der Waals surface area contributed by atoms with Gasteiger partial charge in [-0.1, -0.05) is 23.7 Å². The molecule has 4 rings (SSSR count). The fourth-order valence-electron chi connectivity index (χ4n) is 3.57.